The molecule has 11 heteroatoms. The third kappa shape index (κ3) is 159. The summed E-state index contributed by atoms with van der Waals surface area (Å²) in [6.07, 6.45) is 0. The molecule has 6 nitrogen and oxygen atoms in total. The summed E-state index contributed by atoms with van der Waals surface area (Å²) < 4.78 is 0. The van der Waals surface area contributed by atoms with Crippen molar-refractivity contribution in [3.8, 4) is 0 Å². The molecule has 11 heavy (non-hydrogen) atoms. The molecular weight excluding hydrogens is 311 g/mol. The average Bonchev–Trinajstić information content (AvgIpc) is 1.25. The van der Waals surface area contributed by atoms with E-state index in [0.29, 0.717) is 0 Å². The van der Waals surface area contributed by atoms with Crippen LogP contribution in [-0.2, 0) is 19.5 Å². The molecule has 0 rings (SSSR count). The largest absolute Gasteiger partial charge is 2.00 e. The Morgan fingerprint density at radius 2 is 0.636 bits per heavy atom. The van der Waals surface area contributed by atoms with Gasteiger partial charge in [-0.05, 0) is 0 Å². The fourth-order valence-corrected chi connectivity index (χ4v) is 0. The van der Waals surface area contributed by atoms with E-state index < -0.39 is 14.6 Å². The van der Waals surface area contributed by atoms with Gasteiger partial charge < -0.3 is 30.1 Å². The van der Waals surface area contributed by atoms with Gasteiger partial charge >= 0.3 is 103 Å². The normalized spacial score (nSPS) is 4.91. The molecular formula is B2CaO6SrZn. The van der Waals surface area contributed by atoms with Crippen molar-refractivity contribution in [1.29, 1.82) is 0 Å². The molecule has 0 radical (unpaired) electrons. The van der Waals surface area contributed by atoms with Gasteiger partial charge in [0.2, 0.25) is 0 Å². The molecule has 0 fully saturated rings. The second-order valence-electron chi connectivity index (χ2n) is 0.577. The topological polar surface area (TPSA) is 138 Å². The van der Waals surface area contributed by atoms with Crippen LogP contribution in [0, 0.1) is 0 Å². The van der Waals surface area contributed by atoms with E-state index in [9.17, 15) is 0 Å². The minimum absolute atomic E-state index is 0. The first-order chi connectivity index (χ1) is 3.46. The smallest absolute Gasteiger partial charge is 0.907 e. The maximum absolute atomic E-state index is 8.42. The Labute approximate surface area is 144 Å². The van der Waals surface area contributed by atoms with Crippen LogP contribution >= 0.6 is 0 Å². The van der Waals surface area contributed by atoms with Gasteiger partial charge in [0.25, 0.3) is 0 Å². The summed E-state index contributed by atoms with van der Waals surface area (Å²) in [4.78, 5) is 0. The summed E-state index contributed by atoms with van der Waals surface area (Å²) in [7, 11) is -5.83. The Kier molecular flexibility index (Phi) is 61.8. The van der Waals surface area contributed by atoms with Crippen molar-refractivity contribution in [3.63, 3.8) is 0 Å². The van der Waals surface area contributed by atoms with Crippen LogP contribution in [0.3, 0.4) is 0 Å². The summed E-state index contributed by atoms with van der Waals surface area (Å²) in [6.45, 7) is 0. The van der Waals surface area contributed by atoms with Gasteiger partial charge in [-0.1, -0.05) is 0 Å². The zero-order chi connectivity index (χ0) is 7.15. The first-order valence-electron chi connectivity index (χ1n) is 1.41. The third-order valence-corrected chi connectivity index (χ3v) is 0. The summed E-state index contributed by atoms with van der Waals surface area (Å²) in [5.41, 5.74) is 0. The first-order valence-corrected chi connectivity index (χ1v) is 1.41. The molecule has 0 aliphatic rings. The zero-order valence-corrected chi connectivity index (χ0v) is 14.4. The number of hydrogen-bond acceptors (Lipinski definition) is 6. The van der Waals surface area contributed by atoms with Crippen LogP contribution < -0.4 is 30.1 Å². The second kappa shape index (κ2) is 23.2. The molecule has 0 amide bonds. The fraction of sp³-hybridized carbons (Fsp3) is 0. The van der Waals surface area contributed by atoms with E-state index in [1.807, 2.05) is 0 Å². The fourth-order valence-electron chi connectivity index (χ4n) is 0. The Balaban J connectivity index is -0.0000000171. The molecule has 0 aromatic rings. The Morgan fingerprint density at radius 3 is 0.636 bits per heavy atom. The quantitative estimate of drug-likeness (QED) is 0.407. The molecule has 0 heterocycles. The predicted molar refractivity (Wildman–Crippen MR) is 23.0 cm³/mol. The van der Waals surface area contributed by atoms with Gasteiger partial charge in [0, 0.05) is 0 Å². The van der Waals surface area contributed by atoms with Crippen LogP contribution in [0.25, 0.3) is 0 Å². The molecule has 0 aliphatic carbocycles. The minimum atomic E-state index is -2.92. The van der Waals surface area contributed by atoms with E-state index in [1.165, 1.54) is 0 Å². The molecule has 0 saturated heterocycles. The molecule has 0 aliphatic heterocycles. The molecule has 48 valence electrons. The maximum atomic E-state index is 8.42. The van der Waals surface area contributed by atoms with Crippen LogP contribution in [-0.4, -0.2) is 97.9 Å². The van der Waals surface area contributed by atoms with Gasteiger partial charge in [-0.15, -0.1) is 0 Å². The van der Waals surface area contributed by atoms with Crippen molar-refractivity contribution in [2.75, 3.05) is 0 Å². The maximum Gasteiger partial charge on any atom is 2.00 e. The van der Waals surface area contributed by atoms with Crippen LogP contribution in [0.1, 0.15) is 0 Å². The van der Waals surface area contributed by atoms with E-state index in [1.54, 1.807) is 0 Å². The molecule has 0 unspecified atom stereocenters. The Morgan fingerprint density at radius 1 is 0.636 bits per heavy atom. The van der Waals surface area contributed by atoms with Crippen LogP contribution in [0.2, 0.25) is 0 Å². The van der Waals surface area contributed by atoms with Crippen molar-refractivity contribution in [2.45, 2.75) is 0 Å². The zero-order valence-electron chi connectivity index (χ0n) is 5.73. The molecule has 0 saturated carbocycles. The van der Waals surface area contributed by atoms with Gasteiger partial charge in [-0.2, -0.15) is 0 Å². The average molecular weight is 311 g/mol. The van der Waals surface area contributed by atoms with Gasteiger partial charge in [0.1, 0.15) is 0 Å². The van der Waals surface area contributed by atoms with E-state index in [4.69, 9.17) is 30.1 Å². The van der Waals surface area contributed by atoms with Crippen molar-refractivity contribution in [3.05, 3.63) is 0 Å². The van der Waals surface area contributed by atoms with Crippen LogP contribution in [0.15, 0.2) is 0 Å². The second-order valence-corrected chi connectivity index (χ2v) is 0.577. The van der Waals surface area contributed by atoms with Gasteiger partial charge in [0.05, 0.1) is 0 Å². The van der Waals surface area contributed by atoms with Crippen molar-refractivity contribution in [1.82, 2.24) is 0 Å². The molecule has 0 aromatic heterocycles. The molecule has 0 atom stereocenters. The molecule has 0 N–H and O–H groups in total. The van der Waals surface area contributed by atoms with Gasteiger partial charge in [0.15, 0.2) is 0 Å². The van der Waals surface area contributed by atoms with Crippen molar-refractivity contribution in [2.24, 2.45) is 0 Å². The van der Waals surface area contributed by atoms with E-state index in [0.717, 1.165) is 0 Å². The number of rotatable bonds is 0. The summed E-state index contributed by atoms with van der Waals surface area (Å²) in [5, 5.41) is 50.5. The molecule has 0 spiro atoms. The van der Waals surface area contributed by atoms with E-state index in [2.05, 4.69) is 0 Å². The summed E-state index contributed by atoms with van der Waals surface area (Å²) in [6, 6.07) is 0. The van der Waals surface area contributed by atoms with Crippen LogP contribution in [0.5, 0.6) is 0 Å². The Bertz CT molecular complexity index is 36.1. The molecule has 0 aromatic carbocycles. The monoisotopic (exact) mass is 310 g/mol. The van der Waals surface area contributed by atoms with E-state index >= 15 is 0 Å². The van der Waals surface area contributed by atoms with Crippen LogP contribution in [0.4, 0.5) is 0 Å². The summed E-state index contributed by atoms with van der Waals surface area (Å²) >= 11 is 0. The van der Waals surface area contributed by atoms with Crippen molar-refractivity contribution < 1.29 is 49.6 Å². The van der Waals surface area contributed by atoms with E-state index in [-0.39, 0.29) is 103 Å². The molecule has 0 bridgehead atoms. The standard InChI is InChI=1S/2BO3.Ca.Sr.Zn/c2*2-1(3)4;;;/q2*-3;3*+2. The van der Waals surface area contributed by atoms with Crippen molar-refractivity contribution >= 4 is 97.9 Å². The van der Waals surface area contributed by atoms with Gasteiger partial charge in [-0.25, -0.2) is 0 Å². The number of hydrogen-bond donors (Lipinski definition) is 0. The third-order valence-electron chi connectivity index (χ3n) is 0. The minimum Gasteiger partial charge on any atom is -0.907 e. The SMILES string of the molecule is [Ca+2].[O-]B([O-])[O-].[O-]B([O-])[O-].[Sr+2].[Zn+2]. The predicted octanol–water partition coefficient (Wildman–Crippen LogP) is -8.66. The van der Waals surface area contributed by atoms with Gasteiger partial charge in [-0.3, -0.25) is 14.6 Å². The first kappa shape index (κ1) is 29.2. The Hall–Kier alpha value is 3.25. The summed E-state index contributed by atoms with van der Waals surface area (Å²) in [5.74, 6) is 0.